The van der Waals surface area contributed by atoms with Gasteiger partial charge in [-0.05, 0) is 18.4 Å². The van der Waals surface area contributed by atoms with Gasteiger partial charge < -0.3 is 10.4 Å². The highest BCUT2D eigenvalue weighted by molar-refractivity contribution is 7.91. The lowest BCUT2D eigenvalue weighted by Crippen LogP contribution is -2.35. The van der Waals surface area contributed by atoms with Crippen LogP contribution in [0.15, 0.2) is 0 Å². The Balaban J connectivity index is 3.90. The van der Waals surface area contributed by atoms with E-state index >= 15 is 0 Å². The maximum Gasteiger partial charge on any atom is 0.153 e. The second-order valence-corrected chi connectivity index (χ2v) is 7.33. The first kappa shape index (κ1) is 15.9. The number of hydrogen-bond donors (Lipinski definition) is 2. The summed E-state index contributed by atoms with van der Waals surface area (Å²) in [5.41, 5.74) is 0. The summed E-state index contributed by atoms with van der Waals surface area (Å²) in [7, 11) is -3.12. The largest absolute Gasteiger partial charge is 0.391 e. The number of nitrogens with one attached hydrogen (secondary N) is 1. The predicted molar refractivity (Wildman–Crippen MR) is 67.2 cm³/mol. The average Bonchev–Trinajstić information content (AvgIpc) is 1.98. The molecule has 98 valence electrons. The summed E-state index contributed by atoms with van der Waals surface area (Å²) in [5, 5.41) is 12.6. The van der Waals surface area contributed by atoms with Crippen LogP contribution in [0.25, 0.3) is 0 Å². The smallest absolute Gasteiger partial charge is 0.153 e. The molecule has 0 heterocycles. The van der Waals surface area contributed by atoms with Crippen LogP contribution in [0.4, 0.5) is 0 Å². The van der Waals surface area contributed by atoms with E-state index in [1.165, 1.54) is 0 Å². The molecule has 0 aromatic carbocycles. The lowest BCUT2D eigenvalue weighted by Gasteiger charge is -2.14. The maximum atomic E-state index is 11.6. The van der Waals surface area contributed by atoms with Crippen molar-refractivity contribution in [2.45, 2.75) is 33.8 Å². The van der Waals surface area contributed by atoms with Crippen molar-refractivity contribution in [3.05, 3.63) is 0 Å². The van der Waals surface area contributed by atoms with E-state index in [9.17, 15) is 13.5 Å². The van der Waals surface area contributed by atoms with Crippen molar-refractivity contribution >= 4 is 9.84 Å². The van der Waals surface area contributed by atoms with Crippen molar-refractivity contribution in [1.29, 1.82) is 0 Å². The SMILES string of the molecule is CC(C)CNCC(O)CS(=O)(=O)CC(C)C. The van der Waals surface area contributed by atoms with Crippen LogP contribution in [0.1, 0.15) is 27.7 Å². The van der Waals surface area contributed by atoms with Crippen molar-refractivity contribution in [3.8, 4) is 0 Å². The van der Waals surface area contributed by atoms with E-state index in [2.05, 4.69) is 19.2 Å². The molecular weight excluding hydrogens is 226 g/mol. The fraction of sp³-hybridized carbons (Fsp3) is 1.00. The third kappa shape index (κ3) is 9.12. The second kappa shape index (κ2) is 7.25. The molecule has 0 amide bonds. The summed E-state index contributed by atoms with van der Waals surface area (Å²) in [6.07, 6.45) is -0.803. The van der Waals surface area contributed by atoms with Crippen LogP contribution in [0.5, 0.6) is 0 Å². The van der Waals surface area contributed by atoms with Crippen molar-refractivity contribution in [2.24, 2.45) is 11.8 Å². The number of aliphatic hydroxyl groups is 1. The summed E-state index contributed by atoms with van der Waals surface area (Å²) in [6, 6.07) is 0. The first-order valence-corrected chi connectivity index (χ1v) is 7.64. The molecule has 1 unspecified atom stereocenters. The van der Waals surface area contributed by atoms with E-state index in [1.54, 1.807) is 0 Å². The number of aliphatic hydroxyl groups excluding tert-OH is 1. The van der Waals surface area contributed by atoms with Gasteiger partial charge in [0.15, 0.2) is 9.84 Å². The Bertz CT molecular complexity index is 273. The molecule has 16 heavy (non-hydrogen) atoms. The highest BCUT2D eigenvalue weighted by Crippen LogP contribution is 2.02. The summed E-state index contributed by atoms with van der Waals surface area (Å²) < 4.78 is 23.1. The van der Waals surface area contributed by atoms with Crippen LogP contribution in [0, 0.1) is 11.8 Å². The van der Waals surface area contributed by atoms with Crippen LogP contribution < -0.4 is 5.32 Å². The molecule has 0 bridgehead atoms. The molecule has 0 aromatic heterocycles. The zero-order valence-corrected chi connectivity index (χ0v) is 11.5. The van der Waals surface area contributed by atoms with Crippen LogP contribution in [0.2, 0.25) is 0 Å². The van der Waals surface area contributed by atoms with Crippen LogP contribution in [-0.4, -0.2) is 44.2 Å². The normalized spacial score (nSPS) is 14.7. The van der Waals surface area contributed by atoms with Crippen molar-refractivity contribution in [1.82, 2.24) is 5.32 Å². The molecule has 0 fully saturated rings. The van der Waals surface area contributed by atoms with Gasteiger partial charge in [0.2, 0.25) is 0 Å². The van der Waals surface area contributed by atoms with Gasteiger partial charge in [-0.1, -0.05) is 27.7 Å². The zero-order chi connectivity index (χ0) is 12.8. The Kier molecular flexibility index (Phi) is 7.19. The third-order valence-electron chi connectivity index (χ3n) is 1.97. The van der Waals surface area contributed by atoms with Gasteiger partial charge in [-0.2, -0.15) is 0 Å². The summed E-state index contributed by atoms with van der Waals surface area (Å²) in [6.45, 7) is 8.99. The molecule has 0 aromatic rings. The van der Waals surface area contributed by atoms with Crippen LogP contribution in [-0.2, 0) is 9.84 Å². The molecule has 5 heteroatoms. The van der Waals surface area contributed by atoms with E-state index in [4.69, 9.17) is 0 Å². The number of sulfone groups is 1. The van der Waals surface area contributed by atoms with Gasteiger partial charge in [0.05, 0.1) is 17.6 Å². The molecule has 0 radical (unpaired) electrons. The Morgan fingerprint density at radius 1 is 1.00 bits per heavy atom. The standard InChI is InChI=1S/C11H25NO3S/c1-9(2)5-12-6-11(13)8-16(14,15)7-10(3)4/h9-13H,5-8H2,1-4H3. The quantitative estimate of drug-likeness (QED) is 0.665. The second-order valence-electron chi connectivity index (χ2n) is 5.18. The molecular formula is C11H25NO3S. The van der Waals surface area contributed by atoms with Crippen molar-refractivity contribution in [3.63, 3.8) is 0 Å². The van der Waals surface area contributed by atoms with Crippen LogP contribution >= 0.6 is 0 Å². The van der Waals surface area contributed by atoms with E-state index in [0.29, 0.717) is 12.5 Å². The van der Waals surface area contributed by atoms with Gasteiger partial charge in [-0.25, -0.2) is 8.42 Å². The molecule has 1 atom stereocenters. The minimum absolute atomic E-state index is 0.112. The number of rotatable bonds is 8. The summed E-state index contributed by atoms with van der Waals surface area (Å²) in [5.74, 6) is 0.616. The Morgan fingerprint density at radius 2 is 1.56 bits per heavy atom. The van der Waals surface area contributed by atoms with Crippen LogP contribution in [0.3, 0.4) is 0 Å². The fourth-order valence-corrected chi connectivity index (χ4v) is 3.32. The highest BCUT2D eigenvalue weighted by Gasteiger charge is 2.18. The first-order valence-electron chi connectivity index (χ1n) is 5.82. The topological polar surface area (TPSA) is 66.4 Å². The molecule has 0 aliphatic rings. The van der Waals surface area contributed by atoms with Gasteiger partial charge in [0.25, 0.3) is 0 Å². The number of hydrogen-bond acceptors (Lipinski definition) is 4. The maximum absolute atomic E-state index is 11.6. The molecule has 0 rings (SSSR count). The van der Waals surface area contributed by atoms with Gasteiger partial charge in [0, 0.05) is 6.54 Å². The summed E-state index contributed by atoms with van der Waals surface area (Å²) >= 11 is 0. The first-order chi connectivity index (χ1) is 7.23. The van der Waals surface area contributed by atoms with E-state index < -0.39 is 15.9 Å². The Morgan fingerprint density at radius 3 is 2.00 bits per heavy atom. The van der Waals surface area contributed by atoms with Gasteiger partial charge >= 0.3 is 0 Å². The Hall–Kier alpha value is -0.130. The predicted octanol–water partition coefficient (Wildman–Crippen LogP) is 0.664. The van der Waals surface area contributed by atoms with E-state index in [0.717, 1.165) is 6.54 Å². The highest BCUT2D eigenvalue weighted by atomic mass is 32.2. The Labute approximate surface area is 99.4 Å². The molecule has 0 aliphatic carbocycles. The minimum atomic E-state index is -3.12. The zero-order valence-electron chi connectivity index (χ0n) is 10.7. The molecule has 2 N–H and O–H groups in total. The molecule has 4 nitrogen and oxygen atoms in total. The monoisotopic (exact) mass is 251 g/mol. The van der Waals surface area contributed by atoms with Gasteiger partial charge in [-0.15, -0.1) is 0 Å². The van der Waals surface area contributed by atoms with Gasteiger partial charge in [0.1, 0.15) is 0 Å². The fourth-order valence-electron chi connectivity index (χ4n) is 1.47. The van der Waals surface area contributed by atoms with E-state index in [-0.39, 0.29) is 17.4 Å². The lowest BCUT2D eigenvalue weighted by molar-refractivity contribution is 0.192. The third-order valence-corrected chi connectivity index (χ3v) is 4.03. The van der Waals surface area contributed by atoms with Crippen molar-refractivity contribution in [2.75, 3.05) is 24.6 Å². The van der Waals surface area contributed by atoms with E-state index in [1.807, 2.05) is 13.8 Å². The average molecular weight is 251 g/mol. The lowest BCUT2D eigenvalue weighted by atomic mass is 10.2. The molecule has 0 aliphatic heterocycles. The van der Waals surface area contributed by atoms with Gasteiger partial charge in [-0.3, -0.25) is 0 Å². The molecule has 0 saturated heterocycles. The minimum Gasteiger partial charge on any atom is -0.391 e. The molecule has 0 spiro atoms. The molecule has 0 saturated carbocycles. The summed E-state index contributed by atoms with van der Waals surface area (Å²) in [4.78, 5) is 0. The van der Waals surface area contributed by atoms with Crippen molar-refractivity contribution < 1.29 is 13.5 Å².